The summed E-state index contributed by atoms with van der Waals surface area (Å²) in [4.78, 5) is 2.59. The third-order valence-corrected chi connectivity index (χ3v) is 3.42. The van der Waals surface area contributed by atoms with Crippen LogP contribution in [0.25, 0.3) is 0 Å². The standard InChI is InChI=1S/C12H9NS.CH4/c1-3-7-11-9(5-1)13-10-6-2-4-8-12(10)14-11;/h1-8,13H;1H4. The smallest absolute Gasteiger partial charge is 0.0526 e. The average molecular weight is 215 g/mol. The second kappa shape index (κ2) is 3.99. The first kappa shape index (κ1) is 10.1. The summed E-state index contributed by atoms with van der Waals surface area (Å²) in [6.45, 7) is 0. The molecule has 0 aliphatic carbocycles. The monoisotopic (exact) mass is 215 g/mol. The van der Waals surface area contributed by atoms with Crippen molar-refractivity contribution in [1.29, 1.82) is 0 Å². The first-order valence-electron chi connectivity index (χ1n) is 4.56. The second-order valence-corrected chi connectivity index (χ2v) is 4.30. The first-order valence-corrected chi connectivity index (χ1v) is 5.38. The molecule has 2 aromatic carbocycles. The molecule has 0 saturated heterocycles. The number of fused-ring (bicyclic) bond motifs is 2. The number of hydrogen-bond acceptors (Lipinski definition) is 2. The van der Waals surface area contributed by atoms with Crippen LogP contribution in [0.1, 0.15) is 7.43 Å². The molecule has 2 aromatic rings. The lowest BCUT2D eigenvalue weighted by Crippen LogP contribution is -1.98. The van der Waals surface area contributed by atoms with Gasteiger partial charge in [0.15, 0.2) is 0 Å². The summed E-state index contributed by atoms with van der Waals surface area (Å²) in [6, 6.07) is 16.8. The van der Waals surface area contributed by atoms with E-state index in [2.05, 4.69) is 53.8 Å². The van der Waals surface area contributed by atoms with Gasteiger partial charge in [0.25, 0.3) is 0 Å². The Bertz CT molecular complexity index is 392. The molecule has 0 bridgehead atoms. The van der Waals surface area contributed by atoms with Crippen molar-refractivity contribution in [2.75, 3.05) is 5.32 Å². The van der Waals surface area contributed by atoms with Crippen LogP contribution in [0.5, 0.6) is 0 Å². The van der Waals surface area contributed by atoms with Crippen molar-refractivity contribution in [3.05, 3.63) is 48.5 Å². The molecule has 0 radical (unpaired) electrons. The number of benzene rings is 2. The first-order chi connectivity index (χ1) is 6.93. The van der Waals surface area contributed by atoms with Gasteiger partial charge in [0, 0.05) is 9.79 Å². The van der Waals surface area contributed by atoms with E-state index >= 15 is 0 Å². The van der Waals surface area contributed by atoms with Gasteiger partial charge in [-0.15, -0.1) is 0 Å². The maximum absolute atomic E-state index is 3.42. The highest BCUT2D eigenvalue weighted by atomic mass is 32.2. The Morgan fingerprint density at radius 3 is 1.73 bits per heavy atom. The minimum absolute atomic E-state index is 0. The highest BCUT2D eigenvalue weighted by Crippen LogP contribution is 2.43. The third-order valence-electron chi connectivity index (χ3n) is 2.26. The molecule has 2 heteroatoms. The van der Waals surface area contributed by atoms with Crippen LogP contribution in [-0.2, 0) is 0 Å². The zero-order valence-electron chi connectivity index (χ0n) is 7.53. The lowest BCUT2D eigenvalue weighted by atomic mass is 10.2. The molecule has 1 nitrogen and oxygen atoms in total. The molecule has 15 heavy (non-hydrogen) atoms. The van der Waals surface area contributed by atoms with E-state index < -0.39 is 0 Å². The van der Waals surface area contributed by atoms with Gasteiger partial charge in [-0.1, -0.05) is 43.5 Å². The van der Waals surface area contributed by atoms with Crippen LogP contribution in [0.2, 0.25) is 0 Å². The van der Waals surface area contributed by atoms with E-state index in [1.807, 2.05) is 11.8 Å². The van der Waals surface area contributed by atoms with Gasteiger partial charge in [0.1, 0.15) is 0 Å². The molecule has 0 fully saturated rings. The van der Waals surface area contributed by atoms with Crippen molar-refractivity contribution in [1.82, 2.24) is 0 Å². The number of nitrogens with one attached hydrogen (secondary N) is 1. The van der Waals surface area contributed by atoms with Crippen molar-refractivity contribution < 1.29 is 0 Å². The molecule has 3 rings (SSSR count). The maximum atomic E-state index is 3.42. The summed E-state index contributed by atoms with van der Waals surface area (Å²) in [5.74, 6) is 0. The van der Waals surface area contributed by atoms with Crippen molar-refractivity contribution in [2.24, 2.45) is 0 Å². The Morgan fingerprint density at radius 1 is 0.733 bits per heavy atom. The van der Waals surface area contributed by atoms with Gasteiger partial charge < -0.3 is 5.32 Å². The number of para-hydroxylation sites is 2. The van der Waals surface area contributed by atoms with Crippen LogP contribution in [0.15, 0.2) is 58.3 Å². The number of hydrogen-bond donors (Lipinski definition) is 1. The van der Waals surface area contributed by atoms with Gasteiger partial charge in [0.05, 0.1) is 11.4 Å². The molecule has 1 heterocycles. The van der Waals surface area contributed by atoms with Crippen LogP contribution in [0.3, 0.4) is 0 Å². The normalized spacial score (nSPS) is 11.7. The summed E-state index contributed by atoms with van der Waals surface area (Å²) in [5, 5.41) is 3.42. The fourth-order valence-electron chi connectivity index (χ4n) is 1.58. The van der Waals surface area contributed by atoms with Gasteiger partial charge >= 0.3 is 0 Å². The van der Waals surface area contributed by atoms with E-state index in [0.29, 0.717) is 0 Å². The van der Waals surface area contributed by atoms with Gasteiger partial charge in [-0.2, -0.15) is 0 Å². The van der Waals surface area contributed by atoms with E-state index in [9.17, 15) is 0 Å². The molecule has 0 aromatic heterocycles. The van der Waals surface area contributed by atoms with Crippen LogP contribution in [0, 0.1) is 0 Å². The largest absolute Gasteiger partial charge is 0.354 e. The molecular weight excluding hydrogens is 202 g/mol. The zero-order valence-corrected chi connectivity index (χ0v) is 8.34. The van der Waals surface area contributed by atoms with Crippen LogP contribution >= 0.6 is 11.8 Å². The van der Waals surface area contributed by atoms with E-state index in [-0.39, 0.29) is 7.43 Å². The van der Waals surface area contributed by atoms with Gasteiger partial charge in [-0.05, 0) is 24.3 Å². The molecule has 1 aliphatic heterocycles. The van der Waals surface area contributed by atoms with Crippen LogP contribution in [0.4, 0.5) is 11.4 Å². The van der Waals surface area contributed by atoms with Gasteiger partial charge in [-0.3, -0.25) is 0 Å². The van der Waals surface area contributed by atoms with E-state index in [0.717, 1.165) is 0 Å². The highest BCUT2D eigenvalue weighted by molar-refractivity contribution is 7.99. The van der Waals surface area contributed by atoms with Gasteiger partial charge in [0.2, 0.25) is 0 Å². The minimum Gasteiger partial charge on any atom is -0.354 e. The fraction of sp³-hybridized carbons (Fsp3) is 0.0769. The fourth-order valence-corrected chi connectivity index (χ4v) is 2.57. The maximum Gasteiger partial charge on any atom is 0.0526 e. The Morgan fingerprint density at radius 2 is 1.20 bits per heavy atom. The molecule has 1 aliphatic rings. The van der Waals surface area contributed by atoms with Crippen molar-refractivity contribution in [3.8, 4) is 0 Å². The molecular formula is C13H13NS. The summed E-state index contributed by atoms with van der Waals surface area (Å²) in [7, 11) is 0. The van der Waals surface area contributed by atoms with Crippen molar-refractivity contribution >= 4 is 23.1 Å². The minimum atomic E-state index is 0. The predicted octanol–water partition coefficient (Wildman–Crippen LogP) is 4.53. The average Bonchev–Trinajstić information content (AvgIpc) is 2.26. The Labute approximate surface area is 94.5 Å². The molecule has 1 N–H and O–H groups in total. The van der Waals surface area contributed by atoms with Gasteiger partial charge in [-0.25, -0.2) is 0 Å². The molecule has 0 spiro atoms. The Hall–Kier alpha value is -1.41. The second-order valence-electron chi connectivity index (χ2n) is 3.22. The molecule has 0 atom stereocenters. The Balaban J connectivity index is 0.000000853. The number of rotatable bonds is 0. The summed E-state index contributed by atoms with van der Waals surface area (Å²) in [5.41, 5.74) is 2.41. The van der Waals surface area contributed by atoms with Crippen molar-refractivity contribution in [3.63, 3.8) is 0 Å². The zero-order chi connectivity index (χ0) is 9.38. The van der Waals surface area contributed by atoms with E-state index in [1.165, 1.54) is 21.2 Å². The lowest BCUT2D eigenvalue weighted by molar-refractivity contribution is 1.32. The summed E-state index contributed by atoms with van der Waals surface area (Å²) < 4.78 is 0. The number of anilines is 2. The third kappa shape index (κ3) is 1.73. The van der Waals surface area contributed by atoms with Crippen molar-refractivity contribution in [2.45, 2.75) is 17.2 Å². The summed E-state index contributed by atoms with van der Waals surface area (Å²) >= 11 is 1.82. The van der Waals surface area contributed by atoms with E-state index in [4.69, 9.17) is 0 Å². The quantitative estimate of drug-likeness (QED) is 0.591. The molecule has 76 valence electrons. The Kier molecular flexibility index (Phi) is 2.69. The predicted molar refractivity (Wildman–Crippen MR) is 67.0 cm³/mol. The summed E-state index contributed by atoms with van der Waals surface area (Å²) in [6.07, 6.45) is 0. The lowest BCUT2D eigenvalue weighted by Gasteiger charge is -2.19. The van der Waals surface area contributed by atoms with Crippen LogP contribution in [-0.4, -0.2) is 0 Å². The van der Waals surface area contributed by atoms with E-state index in [1.54, 1.807) is 0 Å². The van der Waals surface area contributed by atoms with Crippen LogP contribution < -0.4 is 5.32 Å². The topological polar surface area (TPSA) is 12.0 Å². The molecule has 0 unspecified atom stereocenters. The molecule has 0 amide bonds. The molecule has 0 saturated carbocycles. The highest BCUT2D eigenvalue weighted by Gasteiger charge is 2.13. The SMILES string of the molecule is C.c1ccc2c(c1)Nc1ccccc1S2.